The van der Waals surface area contributed by atoms with Crippen molar-refractivity contribution in [3.63, 3.8) is 0 Å². The first-order chi connectivity index (χ1) is 13.5. The molecular weight excluding hydrogens is 434 g/mol. The van der Waals surface area contributed by atoms with E-state index in [-0.39, 0.29) is 11.2 Å². The molecule has 2 aromatic carbocycles. The summed E-state index contributed by atoms with van der Waals surface area (Å²) in [7, 11) is 0. The van der Waals surface area contributed by atoms with Gasteiger partial charge in [-0.2, -0.15) is 5.10 Å². The van der Waals surface area contributed by atoms with Gasteiger partial charge in [-0.25, -0.2) is 5.43 Å². The molecule has 3 aromatic rings. The van der Waals surface area contributed by atoms with Crippen molar-refractivity contribution >= 4 is 39.8 Å². The van der Waals surface area contributed by atoms with Crippen LogP contribution in [0.2, 0.25) is 0 Å². The fourth-order valence-electron chi connectivity index (χ4n) is 2.94. The first-order valence-electron chi connectivity index (χ1n) is 8.96. The molecule has 0 fully saturated rings. The van der Waals surface area contributed by atoms with Crippen LogP contribution in [0.25, 0.3) is 5.69 Å². The van der Waals surface area contributed by atoms with Crippen LogP contribution < -0.4 is 5.43 Å². The SMILES string of the molecule is Cc1cc(/C=N\NC(=O)[C@H](C)Sc2ccccc2)c(C)n1-c1ccccc1Br. The van der Waals surface area contributed by atoms with Gasteiger partial charge in [0, 0.05) is 26.3 Å². The van der Waals surface area contributed by atoms with Crippen LogP contribution in [-0.2, 0) is 4.79 Å². The molecule has 1 amide bonds. The van der Waals surface area contributed by atoms with Gasteiger partial charge in [0.15, 0.2) is 0 Å². The zero-order valence-corrected chi connectivity index (χ0v) is 18.4. The van der Waals surface area contributed by atoms with Crippen molar-refractivity contribution in [2.75, 3.05) is 0 Å². The second-order valence-corrected chi connectivity index (χ2v) is 8.69. The van der Waals surface area contributed by atoms with Gasteiger partial charge in [0.25, 0.3) is 5.91 Å². The van der Waals surface area contributed by atoms with Crippen molar-refractivity contribution in [2.45, 2.75) is 30.9 Å². The van der Waals surface area contributed by atoms with E-state index in [0.29, 0.717) is 0 Å². The third kappa shape index (κ3) is 4.75. The standard InChI is InChI=1S/C22H22BrN3OS/c1-15-13-18(16(2)26(15)21-12-8-7-11-20(21)23)14-24-25-22(27)17(3)28-19-9-5-4-6-10-19/h4-14,17H,1-3H3,(H,25,27)/b24-14-/t17-/m0/s1. The van der Waals surface area contributed by atoms with E-state index in [2.05, 4.69) is 50.1 Å². The normalized spacial score (nSPS) is 12.3. The Bertz CT molecular complexity index is 998. The van der Waals surface area contributed by atoms with Gasteiger partial charge in [-0.05, 0) is 67.0 Å². The smallest absolute Gasteiger partial charge is 0.253 e. The van der Waals surface area contributed by atoms with E-state index in [1.54, 1.807) is 6.21 Å². The quantitative estimate of drug-likeness (QED) is 0.303. The molecule has 0 aliphatic heterocycles. The highest BCUT2D eigenvalue weighted by Crippen LogP contribution is 2.26. The van der Waals surface area contributed by atoms with Crippen molar-refractivity contribution in [3.8, 4) is 5.69 Å². The summed E-state index contributed by atoms with van der Waals surface area (Å²) in [5.74, 6) is -0.121. The molecule has 1 atom stereocenters. The number of nitrogens with zero attached hydrogens (tertiary/aromatic N) is 2. The van der Waals surface area contributed by atoms with E-state index in [1.807, 2.05) is 62.4 Å². The highest BCUT2D eigenvalue weighted by molar-refractivity contribution is 9.10. The van der Waals surface area contributed by atoms with E-state index < -0.39 is 0 Å². The van der Waals surface area contributed by atoms with Crippen LogP contribution in [0.1, 0.15) is 23.9 Å². The van der Waals surface area contributed by atoms with Crippen LogP contribution in [-0.4, -0.2) is 21.9 Å². The molecule has 0 aliphatic carbocycles. The Hall–Kier alpha value is -2.31. The number of halogens is 1. The Kier molecular flexibility index (Phi) is 6.75. The first kappa shape index (κ1) is 20.4. The van der Waals surface area contributed by atoms with E-state index in [4.69, 9.17) is 0 Å². The van der Waals surface area contributed by atoms with E-state index in [1.165, 1.54) is 11.8 Å². The average molecular weight is 456 g/mol. The Morgan fingerprint density at radius 3 is 2.54 bits per heavy atom. The lowest BCUT2D eigenvalue weighted by Gasteiger charge is -2.11. The van der Waals surface area contributed by atoms with Gasteiger partial charge in [0.1, 0.15) is 0 Å². The number of thioether (sulfide) groups is 1. The van der Waals surface area contributed by atoms with Crippen LogP contribution in [0.15, 0.2) is 75.1 Å². The van der Waals surface area contributed by atoms with Crippen LogP contribution in [0.5, 0.6) is 0 Å². The van der Waals surface area contributed by atoms with Gasteiger partial charge in [-0.3, -0.25) is 4.79 Å². The van der Waals surface area contributed by atoms with Crippen molar-refractivity contribution in [3.05, 3.63) is 82.1 Å². The second kappa shape index (κ2) is 9.26. The molecule has 3 rings (SSSR count). The number of carbonyl (C=O) groups excluding carboxylic acids is 1. The molecule has 1 aromatic heterocycles. The summed E-state index contributed by atoms with van der Waals surface area (Å²) in [5.41, 5.74) is 6.86. The number of carbonyl (C=O) groups is 1. The fraction of sp³-hybridized carbons (Fsp3) is 0.182. The molecule has 4 nitrogen and oxygen atoms in total. The summed E-state index contributed by atoms with van der Waals surface area (Å²) in [6.07, 6.45) is 1.70. The van der Waals surface area contributed by atoms with Gasteiger partial charge in [-0.15, -0.1) is 11.8 Å². The van der Waals surface area contributed by atoms with Gasteiger partial charge < -0.3 is 4.57 Å². The summed E-state index contributed by atoms with van der Waals surface area (Å²) in [5, 5.41) is 3.94. The van der Waals surface area contributed by atoms with Gasteiger partial charge in [0.2, 0.25) is 0 Å². The Labute approximate surface area is 178 Å². The highest BCUT2D eigenvalue weighted by atomic mass is 79.9. The lowest BCUT2D eigenvalue weighted by Crippen LogP contribution is -2.26. The number of para-hydroxylation sites is 1. The zero-order valence-electron chi connectivity index (χ0n) is 16.0. The van der Waals surface area contributed by atoms with E-state index >= 15 is 0 Å². The molecule has 0 saturated heterocycles. The lowest BCUT2D eigenvalue weighted by molar-refractivity contribution is -0.120. The number of rotatable bonds is 6. The number of hydrazone groups is 1. The minimum atomic E-state index is -0.229. The molecule has 0 radical (unpaired) electrons. The van der Waals surface area contributed by atoms with Crippen LogP contribution in [0, 0.1) is 13.8 Å². The van der Waals surface area contributed by atoms with Gasteiger partial charge in [0.05, 0.1) is 17.2 Å². The van der Waals surface area contributed by atoms with Crippen molar-refractivity contribution in [1.82, 2.24) is 9.99 Å². The largest absolute Gasteiger partial charge is 0.317 e. The summed E-state index contributed by atoms with van der Waals surface area (Å²) in [4.78, 5) is 13.4. The Balaban J connectivity index is 1.69. The molecule has 1 heterocycles. The average Bonchev–Trinajstić information content (AvgIpc) is 2.96. The Morgan fingerprint density at radius 1 is 1.14 bits per heavy atom. The molecular formula is C22H22BrN3OS. The number of aromatic nitrogens is 1. The molecule has 0 aliphatic rings. The zero-order chi connectivity index (χ0) is 20.1. The number of amides is 1. The number of hydrogen-bond acceptors (Lipinski definition) is 3. The Morgan fingerprint density at radius 2 is 1.82 bits per heavy atom. The fourth-order valence-corrected chi connectivity index (χ4v) is 4.28. The summed E-state index contributed by atoms with van der Waals surface area (Å²) in [6.45, 7) is 5.98. The van der Waals surface area contributed by atoms with Crippen LogP contribution in [0.3, 0.4) is 0 Å². The summed E-state index contributed by atoms with van der Waals surface area (Å²) < 4.78 is 3.20. The van der Waals surface area contributed by atoms with E-state index in [0.717, 1.165) is 32.0 Å². The minimum Gasteiger partial charge on any atom is -0.317 e. The van der Waals surface area contributed by atoms with Crippen molar-refractivity contribution < 1.29 is 4.79 Å². The van der Waals surface area contributed by atoms with Crippen molar-refractivity contribution in [1.29, 1.82) is 0 Å². The van der Waals surface area contributed by atoms with Gasteiger partial charge >= 0.3 is 0 Å². The molecule has 0 unspecified atom stereocenters. The number of nitrogens with one attached hydrogen (secondary N) is 1. The molecule has 0 spiro atoms. The number of hydrogen-bond donors (Lipinski definition) is 1. The maximum Gasteiger partial charge on any atom is 0.253 e. The molecule has 0 bridgehead atoms. The van der Waals surface area contributed by atoms with Crippen LogP contribution >= 0.6 is 27.7 Å². The third-order valence-corrected chi connectivity index (χ3v) is 6.15. The van der Waals surface area contributed by atoms with Crippen LogP contribution in [0.4, 0.5) is 0 Å². The second-order valence-electron chi connectivity index (χ2n) is 6.42. The monoisotopic (exact) mass is 455 g/mol. The maximum absolute atomic E-state index is 12.3. The minimum absolute atomic E-state index is 0.121. The predicted octanol–water partition coefficient (Wildman–Crippen LogP) is 5.49. The van der Waals surface area contributed by atoms with Gasteiger partial charge in [-0.1, -0.05) is 30.3 Å². The molecule has 1 N–H and O–H groups in total. The lowest BCUT2D eigenvalue weighted by atomic mass is 10.2. The summed E-state index contributed by atoms with van der Waals surface area (Å²) in [6, 6.07) is 20.0. The van der Waals surface area contributed by atoms with Crippen molar-refractivity contribution in [2.24, 2.45) is 5.10 Å². The molecule has 28 heavy (non-hydrogen) atoms. The topological polar surface area (TPSA) is 46.4 Å². The predicted molar refractivity (Wildman–Crippen MR) is 120 cm³/mol. The molecule has 0 saturated carbocycles. The van der Waals surface area contributed by atoms with E-state index in [9.17, 15) is 4.79 Å². The third-order valence-electron chi connectivity index (χ3n) is 4.37. The number of aryl methyl sites for hydroxylation is 1. The molecule has 6 heteroatoms. The first-order valence-corrected chi connectivity index (χ1v) is 10.6. The maximum atomic E-state index is 12.3. The number of benzene rings is 2. The molecule has 144 valence electrons. The highest BCUT2D eigenvalue weighted by Gasteiger charge is 2.14. The summed E-state index contributed by atoms with van der Waals surface area (Å²) >= 11 is 5.12.